The van der Waals surface area contributed by atoms with Crippen LogP contribution in [0, 0.1) is 6.92 Å². The molecule has 1 aliphatic rings. The first-order valence-corrected chi connectivity index (χ1v) is 11.2. The fourth-order valence-electron chi connectivity index (χ4n) is 3.44. The number of aromatic nitrogens is 1. The number of aryl methyl sites for hydroxylation is 1. The molecule has 2 heterocycles. The van der Waals surface area contributed by atoms with E-state index in [1.165, 1.54) is 0 Å². The summed E-state index contributed by atoms with van der Waals surface area (Å²) in [4.78, 5) is 23.0. The van der Waals surface area contributed by atoms with Crippen molar-refractivity contribution in [3.05, 3.63) is 106 Å². The van der Waals surface area contributed by atoms with Crippen LogP contribution in [0.2, 0.25) is 5.02 Å². The highest BCUT2D eigenvalue weighted by molar-refractivity contribution is 7.99. The molecule has 0 saturated carbocycles. The number of pyridine rings is 1. The number of hydrogen-bond acceptors (Lipinski definition) is 5. The van der Waals surface area contributed by atoms with Gasteiger partial charge in [0.25, 0.3) is 0 Å². The minimum Gasteiger partial charge on any atom is -0.402 e. The zero-order valence-electron chi connectivity index (χ0n) is 17.1. The molecule has 0 saturated heterocycles. The topological polar surface area (TPSA) is 51.5 Å². The van der Waals surface area contributed by atoms with Gasteiger partial charge in [0.05, 0.1) is 16.1 Å². The van der Waals surface area contributed by atoms with Gasteiger partial charge in [-0.3, -0.25) is 0 Å². The smallest absolute Gasteiger partial charge is 0.363 e. The molecule has 0 spiro atoms. The number of benzene rings is 3. The molecule has 0 radical (unpaired) electrons. The van der Waals surface area contributed by atoms with Gasteiger partial charge in [-0.2, -0.15) is 0 Å². The van der Waals surface area contributed by atoms with Crippen LogP contribution < -0.4 is 0 Å². The summed E-state index contributed by atoms with van der Waals surface area (Å²) >= 11 is 7.80. The average Bonchev–Trinajstić information content (AvgIpc) is 3.15. The number of aliphatic imine (C=N–C) groups is 1. The molecule has 4 nitrogen and oxygen atoms in total. The van der Waals surface area contributed by atoms with Crippen LogP contribution in [0.15, 0.2) is 99.5 Å². The van der Waals surface area contributed by atoms with Crippen molar-refractivity contribution >= 4 is 52.2 Å². The Morgan fingerprint density at radius 1 is 0.969 bits per heavy atom. The number of carbonyl (C=O) groups excluding carboxylic acids is 1. The number of hydrogen-bond donors (Lipinski definition) is 0. The van der Waals surface area contributed by atoms with Gasteiger partial charge in [-0.05, 0) is 48.9 Å². The number of esters is 1. The van der Waals surface area contributed by atoms with Gasteiger partial charge < -0.3 is 4.74 Å². The van der Waals surface area contributed by atoms with Crippen LogP contribution in [0.3, 0.4) is 0 Å². The molecule has 0 aliphatic carbocycles. The summed E-state index contributed by atoms with van der Waals surface area (Å²) in [7, 11) is 0. The van der Waals surface area contributed by atoms with Crippen molar-refractivity contribution in [2.45, 2.75) is 16.8 Å². The lowest BCUT2D eigenvalue weighted by atomic mass is 10.1. The summed E-state index contributed by atoms with van der Waals surface area (Å²) in [6, 6.07) is 25.2. The monoisotopic (exact) mass is 456 g/mol. The molecule has 5 rings (SSSR count). The summed E-state index contributed by atoms with van der Waals surface area (Å²) in [6.07, 6.45) is 1.73. The molecule has 1 aliphatic heterocycles. The van der Waals surface area contributed by atoms with Gasteiger partial charge in [0.15, 0.2) is 5.70 Å². The Labute approximate surface area is 194 Å². The van der Waals surface area contributed by atoms with E-state index < -0.39 is 5.97 Å². The first-order chi connectivity index (χ1) is 15.6. The number of carbonyl (C=O) groups is 1. The van der Waals surface area contributed by atoms with Gasteiger partial charge in [-0.1, -0.05) is 71.9 Å². The largest absolute Gasteiger partial charge is 0.402 e. The molecule has 156 valence electrons. The molecule has 32 heavy (non-hydrogen) atoms. The van der Waals surface area contributed by atoms with Gasteiger partial charge >= 0.3 is 5.97 Å². The number of fused-ring (bicyclic) bond motifs is 1. The maximum absolute atomic E-state index is 12.6. The quantitative estimate of drug-likeness (QED) is 0.253. The number of nitrogens with zero attached hydrogens (tertiary/aromatic N) is 2. The van der Waals surface area contributed by atoms with Crippen LogP contribution >= 0.6 is 23.4 Å². The highest BCUT2D eigenvalue weighted by Gasteiger charge is 2.26. The van der Waals surface area contributed by atoms with Crippen molar-refractivity contribution in [2.75, 3.05) is 0 Å². The van der Waals surface area contributed by atoms with E-state index >= 15 is 0 Å². The summed E-state index contributed by atoms with van der Waals surface area (Å²) in [6.45, 7) is 2.04. The van der Waals surface area contributed by atoms with Crippen LogP contribution in [-0.2, 0) is 9.53 Å². The summed E-state index contributed by atoms with van der Waals surface area (Å²) < 4.78 is 5.41. The van der Waals surface area contributed by atoms with Crippen LogP contribution in [0.4, 0.5) is 0 Å². The molecule has 6 heteroatoms. The zero-order chi connectivity index (χ0) is 22.1. The third-order valence-electron chi connectivity index (χ3n) is 5.01. The first kappa shape index (κ1) is 20.5. The highest BCUT2D eigenvalue weighted by Crippen LogP contribution is 2.34. The Balaban J connectivity index is 1.62. The van der Waals surface area contributed by atoms with E-state index in [9.17, 15) is 4.79 Å². The van der Waals surface area contributed by atoms with Crippen molar-refractivity contribution in [1.29, 1.82) is 0 Å². The molecule has 0 amide bonds. The third-order valence-corrected chi connectivity index (χ3v) is 6.37. The summed E-state index contributed by atoms with van der Waals surface area (Å²) in [5.41, 5.74) is 3.62. The lowest BCUT2D eigenvalue weighted by molar-refractivity contribution is -0.129. The van der Waals surface area contributed by atoms with Crippen LogP contribution in [0.5, 0.6) is 0 Å². The molecular weight excluding hydrogens is 440 g/mol. The van der Waals surface area contributed by atoms with E-state index in [2.05, 4.69) is 4.99 Å². The lowest BCUT2D eigenvalue weighted by Gasteiger charge is -2.09. The molecule has 3 aromatic carbocycles. The Morgan fingerprint density at radius 2 is 1.75 bits per heavy atom. The van der Waals surface area contributed by atoms with Gasteiger partial charge in [-0.25, -0.2) is 14.8 Å². The van der Waals surface area contributed by atoms with E-state index in [4.69, 9.17) is 21.3 Å². The summed E-state index contributed by atoms with van der Waals surface area (Å²) in [5.74, 6) is -0.311. The Morgan fingerprint density at radius 3 is 2.56 bits per heavy atom. The van der Waals surface area contributed by atoms with E-state index in [1.807, 2.05) is 73.7 Å². The minimum absolute atomic E-state index is 0.203. The fourth-order valence-corrected chi connectivity index (χ4v) is 4.54. The normalized spacial score (nSPS) is 14.6. The second-order valence-electron chi connectivity index (χ2n) is 7.26. The van der Waals surface area contributed by atoms with Crippen molar-refractivity contribution in [2.24, 2.45) is 4.99 Å². The first-order valence-electron chi connectivity index (χ1n) is 9.99. The minimum atomic E-state index is -0.514. The predicted molar refractivity (Wildman–Crippen MR) is 129 cm³/mol. The molecule has 0 unspecified atom stereocenters. The number of halogens is 1. The van der Waals surface area contributed by atoms with Crippen molar-refractivity contribution < 1.29 is 9.53 Å². The number of rotatable bonds is 4. The molecule has 1 aromatic heterocycles. The highest BCUT2D eigenvalue weighted by atomic mass is 35.5. The van der Waals surface area contributed by atoms with Crippen molar-refractivity contribution in [3.8, 4) is 0 Å². The van der Waals surface area contributed by atoms with Gasteiger partial charge in [-0.15, -0.1) is 0 Å². The summed E-state index contributed by atoms with van der Waals surface area (Å²) in [5, 5.41) is 2.26. The second kappa shape index (κ2) is 8.61. The predicted octanol–water partition coefficient (Wildman–Crippen LogP) is 6.69. The second-order valence-corrected chi connectivity index (χ2v) is 8.73. The van der Waals surface area contributed by atoms with Crippen molar-refractivity contribution in [1.82, 2.24) is 4.98 Å². The van der Waals surface area contributed by atoms with Gasteiger partial charge in [0, 0.05) is 15.8 Å². The SMILES string of the molecule is Cc1cccc2cc(/C=C3/N=C(c4ccccc4Cl)OC3=O)c(Sc3ccccc3)nc12. The Bertz CT molecular complexity index is 1410. The molecule has 0 N–H and O–H groups in total. The fraction of sp³-hybridized carbons (Fsp3) is 0.0385. The average molecular weight is 457 g/mol. The Kier molecular flexibility index (Phi) is 5.52. The van der Waals surface area contributed by atoms with Crippen LogP contribution in [0.25, 0.3) is 17.0 Å². The van der Waals surface area contributed by atoms with Gasteiger partial charge in [0.2, 0.25) is 5.90 Å². The van der Waals surface area contributed by atoms with Crippen LogP contribution in [-0.4, -0.2) is 16.9 Å². The van der Waals surface area contributed by atoms with E-state index in [0.717, 1.165) is 32.0 Å². The number of para-hydroxylation sites is 1. The molecule has 0 bridgehead atoms. The number of ether oxygens (including phenoxy) is 1. The Hall–Kier alpha value is -3.41. The van der Waals surface area contributed by atoms with Crippen molar-refractivity contribution in [3.63, 3.8) is 0 Å². The standard InChI is InChI=1S/C26H17ClN2O2S/c1-16-8-7-9-17-14-18(25(29-23(16)17)32-19-10-3-2-4-11-19)15-22-26(30)31-24(28-22)20-12-5-6-13-21(20)27/h2-15H,1H3/b22-15+. The molecule has 4 aromatic rings. The molecule has 0 fully saturated rings. The lowest BCUT2D eigenvalue weighted by Crippen LogP contribution is -2.05. The maximum Gasteiger partial charge on any atom is 0.363 e. The van der Waals surface area contributed by atoms with E-state index in [0.29, 0.717) is 10.6 Å². The van der Waals surface area contributed by atoms with E-state index in [1.54, 1.807) is 30.0 Å². The maximum atomic E-state index is 12.6. The molecule has 0 atom stereocenters. The number of cyclic esters (lactones) is 1. The zero-order valence-corrected chi connectivity index (χ0v) is 18.7. The molecular formula is C26H17ClN2O2S. The van der Waals surface area contributed by atoms with Crippen LogP contribution in [0.1, 0.15) is 16.7 Å². The van der Waals surface area contributed by atoms with E-state index in [-0.39, 0.29) is 11.6 Å². The van der Waals surface area contributed by atoms with Gasteiger partial charge in [0.1, 0.15) is 5.03 Å². The third kappa shape index (κ3) is 4.05.